The summed E-state index contributed by atoms with van der Waals surface area (Å²) in [6, 6.07) is 13.0. The van der Waals surface area contributed by atoms with Crippen LogP contribution in [0.2, 0.25) is 0 Å². The van der Waals surface area contributed by atoms with Crippen LogP contribution in [0.4, 0.5) is 5.69 Å². The van der Waals surface area contributed by atoms with Crippen molar-refractivity contribution in [2.45, 2.75) is 20.3 Å². The molecule has 2 aromatic carbocycles. The number of rotatable bonds is 7. The third kappa shape index (κ3) is 4.48. The minimum Gasteiger partial charge on any atom is -0.490 e. The smallest absolute Gasteiger partial charge is 0.262 e. The summed E-state index contributed by atoms with van der Waals surface area (Å²) in [6.45, 7) is 4.54. The molecule has 25 heavy (non-hydrogen) atoms. The van der Waals surface area contributed by atoms with Gasteiger partial charge in [-0.2, -0.15) is 0 Å². The van der Waals surface area contributed by atoms with Crippen LogP contribution in [0.5, 0.6) is 11.5 Å². The summed E-state index contributed by atoms with van der Waals surface area (Å²) in [5.41, 5.74) is 1.68. The summed E-state index contributed by atoms with van der Waals surface area (Å²) in [6.07, 6.45) is 0.911. The highest BCUT2D eigenvalue weighted by Gasteiger charge is 2.09. The van der Waals surface area contributed by atoms with E-state index in [0.29, 0.717) is 18.1 Å². The van der Waals surface area contributed by atoms with Crippen LogP contribution in [-0.4, -0.2) is 24.1 Å². The van der Waals surface area contributed by atoms with Crippen LogP contribution in [0.3, 0.4) is 0 Å². The quantitative estimate of drug-likeness (QED) is 0.681. The number of thiazole rings is 1. The molecule has 1 amide bonds. The number of amides is 1. The molecule has 0 aliphatic carbocycles. The first-order chi connectivity index (χ1) is 12.2. The minimum atomic E-state index is -0.217. The number of hydrogen-bond donors (Lipinski definition) is 1. The number of anilines is 1. The molecule has 0 saturated heterocycles. The van der Waals surface area contributed by atoms with Crippen molar-refractivity contribution in [2.75, 3.05) is 18.5 Å². The molecule has 3 aromatic rings. The Labute approximate surface area is 150 Å². The number of fused-ring (bicyclic) bond motifs is 1. The minimum absolute atomic E-state index is 0.0771. The highest BCUT2D eigenvalue weighted by Crippen LogP contribution is 2.27. The topological polar surface area (TPSA) is 60.5 Å². The van der Waals surface area contributed by atoms with Crippen LogP contribution >= 0.6 is 11.3 Å². The molecule has 3 rings (SSSR count). The maximum absolute atomic E-state index is 12.2. The lowest BCUT2D eigenvalue weighted by Gasteiger charge is -2.12. The molecule has 0 fully saturated rings. The highest BCUT2D eigenvalue weighted by atomic mass is 32.1. The molecular formula is C19H20N2O3S. The van der Waals surface area contributed by atoms with E-state index >= 15 is 0 Å². The Morgan fingerprint density at radius 1 is 1.16 bits per heavy atom. The molecule has 0 atom stereocenters. The van der Waals surface area contributed by atoms with Crippen molar-refractivity contribution in [3.05, 3.63) is 47.5 Å². The number of ether oxygens (including phenoxy) is 2. The average Bonchev–Trinajstić information content (AvgIpc) is 2.98. The van der Waals surface area contributed by atoms with E-state index in [-0.39, 0.29) is 12.5 Å². The number of hydrogen-bond acceptors (Lipinski definition) is 5. The van der Waals surface area contributed by atoms with Gasteiger partial charge in [-0.05, 0) is 43.7 Å². The fourth-order valence-corrected chi connectivity index (χ4v) is 3.23. The van der Waals surface area contributed by atoms with E-state index in [9.17, 15) is 4.79 Å². The lowest BCUT2D eigenvalue weighted by molar-refractivity contribution is -0.118. The van der Waals surface area contributed by atoms with Gasteiger partial charge in [-0.15, -0.1) is 11.3 Å². The van der Waals surface area contributed by atoms with Gasteiger partial charge in [0.15, 0.2) is 18.1 Å². The zero-order valence-corrected chi connectivity index (χ0v) is 15.1. The van der Waals surface area contributed by atoms with E-state index in [1.165, 1.54) is 0 Å². The number of benzene rings is 2. The van der Waals surface area contributed by atoms with Gasteiger partial charge >= 0.3 is 0 Å². The zero-order chi connectivity index (χ0) is 17.6. The van der Waals surface area contributed by atoms with E-state index in [2.05, 4.69) is 10.3 Å². The molecule has 6 heteroatoms. The van der Waals surface area contributed by atoms with Crippen molar-refractivity contribution in [3.8, 4) is 11.5 Å². The second kappa shape index (κ2) is 7.98. The number of carbonyl (C=O) groups excluding carboxylic acids is 1. The van der Waals surface area contributed by atoms with Gasteiger partial charge in [-0.3, -0.25) is 4.79 Å². The molecule has 1 heterocycles. The Bertz CT molecular complexity index is 876. The van der Waals surface area contributed by atoms with Crippen LogP contribution < -0.4 is 14.8 Å². The number of aryl methyl sites for hydroxylation is 1. The van der Waals surface area contributed by atoms with Crippen molar-refractivity contribution >= 4 is 33.1 Å². The molecule has 5 nitrogen and oxygen atoms in total. The van der Waals surface area contributed by atoms with Crippen LogP contribution in [0, 0.1) is 6.92 Å². The maximum atomic E-state index is 12.2. The van der Waals surface area contributed by atoms with E-state index in [0.717, 1.165) is 27.3 Å². The molecule has 130 valence electrons. The second-order valence-electron chi connectivity index (χ2n) is 5.55. The summed E-state index contributed by atoms with van der Waals surface area (Å²) in [5.74, 6) is 1.00. The largest absolute Gasteiger partial charge is 0.490 e. The van der Waals surface area contributed by atoms with E-state index in [4.69, 9.17) is 9.47 Å². The third-order valence-corrected chi connectivity index (χ3v) is 4.38. The number of nitrogens with zero attached hydrogens (tertiary/aromatic N) is 1. The first kappa shape index (κ1) is 17.2. The molecule has 0 spiro atoms. The van der Waals surface area contributed by atoms with Crippen LogP contribution in [-0.2, 0) is 4.79 Å². The van der Waals surface area contributed by atoms with Gasteiger partial charge in [-0.1, -0.05) is 19.1 Å². The van der Waals surface area contributed by atoms with Gasteiger partial charge in [-0.25, -0.2) is 4.98 Å². The molecule has 0 unspecified atom stereocenters. The fourth-order valence-electron chi connectivity index (χ4n) is 2.36. The predicted octanol–water partition coefficient (Wildman–Crippen LogP) is 4.41. The maximum Gasteiger partial charge on any atom is 0.262 e. The van der Waals surface area contributed by atoms with E-state index < -0.39 is 0 Å². The molecule has 1 N–H and O–H groups in total. The fraction of sp³-hybridized carbons (Fsp3) is 0.263. The summed E-state index contributed by atoms with van der Waals surface area (Å²) >= 11 is 1.60. The summed E-state index contributed by atoms with van der Waals surface area (Å²) in [5, 5.41) is 3.86. The highest BCUT2D eigenvalue weighted by molar-refractivity contribution is 7.18. The van der Waals surface area contributed by atoms with Gasteiger partial charge in [0.1, 0.15) is 0 Å². The summed E-state index contributed by atoms with van der Waals surface area (Å²) in [4.78, 5) is 16.6. The van der Waals surface area contributed by atoms with Gasteiger partial charge in [0.25, 0.3) is 5.91 Å². The Kier molecular flexibility index (Phi) is 5.50. The molecule has 0 aliphatic rings. The lowest BCUT2D eigenvalue weighted by Crippen LogP contribution is -2.20. The van der Waals surface area contributed by atoms with E-state index in [1.807, 2.05) is 50.2 Å². The molecular weight excluding hydrogens is 336 g/mol. The zero-order valence-electron chi connectivity index (χ0n) is 14.2. The Hall–Kier alpha value is -2.60. The molecule has 0 aliphatic heterocycles. The number of carbonyl (C=O) groups is 1. The Balaban J connectivity index is 1.60. The van der Waals surface area contributed by atoms with Crippen molar-refractivity contribution in [3.63, 3.8) is 0 Å². The number of nitrogens with one attached hydrogen (secondary N) is 1. The van der Waals surface area contributed by atoms with Crippen LogP contribution in [0.15, 0.2) is 42.5 Å². The Morgan fingerprint density at radius 2 is 1.92 bits per heavy atom. The molecule has 0 saturated carbocycles. The summed E-state index contributed by atoms with van der Waals surface area (Å²) < 4.78 is 12.3. The van der Waals surface area contributed by atoms with E-state index in [1.54, 1.807) is 17.4 Å². The predicted molar refractivity (Wildman–Crippen MR) is 101 cm³/mol. The summed E-state index contributed by atoms with van der Waals surface area (Å²) in [7, 11) is 0. The van der Waals surface area contributed by atoms with Crippen molar-refractivity contribution in [1.29, 1.82) is 0 Å². The first-order valence-electron chi connectivity index (χ1n) is 8.17. The number of aromatic nitrogens is 1. The van der Waals surface area contributed by atoms with Gasteiger partial charge in [0.05, 0.1) is 21.8 Å². The first-order valence-corrected chi connectivity index (χ1v) is 8.99. The van der Waals surface area contributed by atoms with Crippen LogP contribution in [0.1, 0.15) is 18.4 Å². The SMILES string of the molecule is CCCOc1ccccc1OCC(=O)Nc1ccc2nc(C)sc2c1. The number of para-hydroxylation sites is 2. The average molecular weight is 356 g/mol. The monoisotopic (exact) mass is 356 g/mol. The van der Waals surface area contributed by atoms with Gasteiger partial charge < -0.3 is 14.8 Å². The lowest BCUT2D eigenvalue weighted by atomic mass is 10.3. The molecule has 0 bridgehead atoms. The standard InChI is InChI=1S/C19H20N2O3S/c1-3-10-23-16-6-4-5-7-17(16)24-12-19(22)21-14-8-9-15-18(11-14)25-13(2)20-15/h4-9,11H,3,10,12H2,1-2H3,(H,21,22). The second-order valence-corrected chi connectivity index (χ2v) is 6.78. The Morgan fingerprint density at radius 3 is 2.68 bits per heavy atom. The van der Waals surface area contributed by atoms with Crippen molar-refractivity contribution in [2.24, 2.45) is 0 Å². The molecule has 1 aromatic heterocycles. The van der Waals surface area contributed by atoms with Crippen molar-refractivity contribution < 1.29 is 14.3 Å². The van der Waals surface area contributed by atoms with Gasteiger partial charge in [0.2, 0.25) is 0 Å². The molecule has 0 radical (unpaired) electrons. The third-order valence-electron chi connectivity index (χ3n) is 3.45. The van der Waals surface area contributed by atoms with Gasteiger partial charge in [0, 0.05) is 5.69 Å². The normalized spacial score (nSPS) is 10.6. The van der Waals surface area contributed by atoms with Crippen molar-refractivity contribution in [1.82, 2.24) is 4.98 Å². The van der Waals surface area contributed by atoms with Crippen LogP contribution in [0.25, 0.3) is 10.2 Å².